The lowest BCUT2D eigenvalue weighted by Gasteiger charge is -2.20. The Bertz CT molecular complexity index is 545. The SMILES string of the molecule is Cc1ccc(NC(=O)CN2C=CSCC2=O)cc1Cl. The highest BCUT2D eigenvalue weighted by molar-refractivity contribution is 8.02. The van der Waals surface area contributed by atoms with Crippen molar-refractivity contribution in [3.8, 4) is 0 Å². The fourth-order valence-corrected chi connectivity index (χ4v) is 2.39. The number of halogens is 1. The van der Waals surface area contributed by atoms with Crippen LogP contribution < -0.4 is 5.32 Å². The number of aryl methyl sites for hydroxylation is 1. The normalized spacial score (nSPS) is 14.6. The number of thioether (sulfide) groups is 1. The summed E-state index contributed by atoms with van der Waals surface area (Å²) in [5.41, 5.74) is 1.58. The van der Waals surface area contributed by atoms with E-state index >= 15 is 0 Å². The van der Waals surface area contributed by atoms with E-state index in [1.54, 1.807) is 23.7 Å². The summed E-state index contributed by atoms with van der Waals surface area (Å²) in [6.07, 6.45) is 1.62. The molecule has 0 saturated carbocycles. The zero-order chi connectivity index (χ0) is 13.8. The third-order valence-electron chi connectivity index (χ3n) is 2.63. The first-order chi connectivity index (χ1) is 9.06. The molecular formula is C13H13ClN2O2S. The molecule has 0 radical (unpaired) electrons. The number of rotatable bonds is 3. The van der Waals surface area contributed by atoms with Crippen LogP contribution in [-0.2, 0) is 9.59 Å². The number of carbonyl (C=O) groups is 2. The number of hydrogen-bond acceptors (Lipinski definition) is 3. The number of benzene rings is 1. The summed E-state index contributed by atoms with van der Waals surface area (Å²) in [6, 6.07) is 5.31. The number of nitrogens with one attached hydrogen (secondary N) is 1. The Morgan fingerprint density at radius 1 is 1.53 bits per heavy atom. The first kappa shape index (κ1) is 14.0. The predicted molar refractivity (Wildman–Crippen MR) is 78.1 cm³/mol. The van der Waals surface area contributed by atoms with Crippen molar-refractivity contribution in [1.82, 2.24) is 4.90 Å². The van der Waals surface area contributed by atoms with Gasteiger partial charge >= 0.3 is 0 Å². The van der Waals surface area contributed by atoms with Gasteiger partial charge in [0.2, 0.25) is 11.8 Å². The quantitative estimate of drug-likeness (QED) is 0.933. The molecule has 1 aromatic rings. The summed E-state index contributed by atoms with van der Waals surface area (Å²) in [5.74, 6) is 0.0644. The number of carbonyl (C=O) groups excluding carboxylic acids is 2. The maximum Gasteiger partial charge on any atom is 0.244 e. The van der Waals surface area contributed by atoms with Crippen LogP contribution in [0.5, 0.6) is 0 Å². The molecule has 0 bridgehead atoms. The molecule has 0 fully saturated rings. The van der Waals surface area contributed by atoms with E-state index in [9.17, 15) is 9.59 Å². The van der Waals surface area contributed by atoms with Crippen LogP contribution in [0.3, 0.4) is 0 Å². The topological polar surface area (TPSA) is 49.4 Å². The highest BCUT2D eigenvalue weighted by Gasteiger charge is 2.17. The van der Waals surface area contributed by atoms with Crippen LogP contribution in [0.1, 0.15) is 5.56 Å². The van der Waals surface area contributed by atoms with Gasteiger partial charge in [0.15, 0.2) is 0 Å². The minimum absolute atomic E-state index is 0.0153. The van der Waals surface area contributed by atoms with Crippen molar-refractivity contribution in [3.05, 3.63) is 40.4 Å². The molecule has 0 aromatic heterocycles. The molecule has 0 atom stereocenters. The Morgan fingerprint density at radius 2 is 2.32 bits per heavy atom. The lowest BCUT2D eigenvalue weighted by molar-refractivity contribution is -0.129. The summed E-state index contributed by atoms with van der Waals surface area (Å²) >= 11 is 7.40. The minimum atomic E-state index is -0.246. The first-order valence-electron chi connectivity index (χ1n) is 5.70. The van der Waals surface area contributed by atoms with Crippen LogP contribution in [-0.4, -0.2) is 29.0 Å². The Labute approximate surface area is 120 Å². The van der Waals surface area contributed by atoms with E-state index in [-0.39, 0.29) is 18.4 Å². The smallest absolute Gasteiger partial charge is 0.244 e. The van der Waals surface area contributed by atoms with Crippen molar-refractivity contribution in [2.75, 3.05) is 17.6 Å². The van der Waals surface area contributed by atoms with Crippen LogP contribution in [0, 0.1) is 6.92 Å². The second kappa shape index (κ2) is 6.12. The molecule has 2 rings (SSSR count). The summed E-state index contributed by atoms with van der Waals surface area (Å²) in [5, 5.41) is 5.12. The van der Waals surface area contributed by atoms with Crippen molar-refractivity contribution in [1.29, 1.82) is 0 Å². The highest BCUT2D eigenvalue weighted by atomic mass is 35.5. The Morgan fingerprint density at radius 3 is 3.00 bits per heavy atom. The minimum Gasteiger partial charge on any atom is -0.324 e. The molecule has 0 saturated heterocycles. The molecule has 2 amide bonds. The fraction of sp³-hybridized carbons (Fsp3) is 0.231. The van der Waals surface area contributed by atoms with E-state index < -0.39 is 0 Å². The van der Waals surface area contributed by atoms with Crippen LogP contribution in [0.2, 0.25) is 5.02 Å². The molecule has 1 N–H and O–H groups in total. The number of anilines is 1. The molecule has 6 heteroatoms. The van der Waals surface area contributed by atoms with E-state index in [0.717, 1.165) is 5.56 Å². The molecule has 0 aliphatic carbocycles. The van der Waals surface area contributed by atoms with E-state index in [0.29, 0.717) is 16.5 Å². The van der Waals surface area contributed by atoms with Crippen molar-refractivity contribution < 1.29 is 9.59 Å². The van der Waals surface area contributed by atoms with Gasteiger partial charge in [-0.1, -0.05) is 17.7 Å². The monoisotopic (exact) mass is 296 g/mol. The lowest BCUT2D eigenvalue weighted by Crippen LogP contribution is -2.36. The molecule has 1 aliphatic heterocycles. The fourth-order valence-electron chi connectivity index (χ4n) is 1.57. The summed E-state index contributed by atoms with van der Waals surface area (Å²) < 4.78 is 0. The largest absolute Gasteiger partial charge is 0.324 e. The number of amides is 2. The van der Waals surface area contributed by atoms with Gasteiger partial charge in [0, 0.05) is 16.9 Å². The van der Waals surface area contributed by atoms with Crippen molar-refractivity contribution in [3.63, 3.8) is 0 Å². The van der Waals surface area contributed by atoms with Crippen LogP contribution in [0.25, 0.3) is 0 Å². The van der Waals surface area contributed by atoms with Gasteiger partial charge in [0.25, 0.3) is 0 Å². The Hall–Kier alpha value is -1.46. The maximum absolute atomic E-state index is 11.8. The molecule has 100 valence electrons. The van der Waals surface area contributed by atoms with Crippen molar-refractivity contribution in [2.24, 2.45) is 0 Å². The zero-order valence-electron chi connectivity index (χ0n) is 10.4. The van der Waals surface area contributed by atoms with Gasteiger partial charge in [-0.3, -0.25) is 9.59 Å². The van der Waals surface area contributed by atoms with Gasteiger partial charge in [-0.05, 0) is 30.0 Å². The van der Waals surface area contributed by atoms with Crippen molar-refractivity contribution >= 4 is 40.9 Å². The number of nitrogens with zero attached hydrogens (tertiary/aromatic N) is 1. The van der Waals surface area contributed by atoms with Crippen LogP contribution in [0.15, 0.2) is 29.8 Å². The van der Waals surface area contributed by atoms with Gasteiger partial charge in [0.05, 0.1) is 5.75 Å². The molecule has 19 heavy (non-hydrogen) atoms. The third-order valence-corrected chi connectivity index (χ3v) is 3.77. The van der Waals surface area contributed by atoms with E-state index in [1.807, 2.05) is 13.0 Å². The summed E-state index contributed by atoms with van der Waals surface area (Å²) in [4.78, 5) is 24.8. The average molecular weight is 297 g/mol. The third kappa shape index (κ3) is 3.75. The molecular weight excluding hydrogens is 284 g/mol. The highest BCUT2D eigenvalue weighted by Crippen LogP contribution is 2.20. The van der Waals surface area contributed by atoms with E-state index in [1.165, 1.54) is 16.7 Å². The molecule has 0 spiro atoms. The second-order valence-electron chi connectivity index (χ2n) is 4.13. The zero-order valence-corrected chi connectivity index (χ0v) is 11.9. The molecule has 0 unspecified atom stereocenters. The average Bonchev–Trinajstić information content (AvgIpc) is 2.37. The Balaban J connectivity index is 1.97. The standard InChI is InChI=1S/C13H13ClN2O2S/c1-9-2-3-10(6-11(9)14)15-12(17)7-16-4-5-19-8-13(16)18/h2-6H,7-8H2,1H3,(H,15,17). The van der Waals surface area contributed by atoms with Gasteiger partial charge in [-0.2, -0.15) is 0 Å². The van der Waals surface area contributed by atoms with Gasteiger partial charge in [-0.15, -0.1) is 11.8 Å². The number of hydrogen-bond donors (Lipinski definition) is 1. The lowest BCUT2D eigenvalue weighted by atomic mass is 10.2. The van der Waals surface area contributed by atoms with E-state index in [4.69, 9.17) is 11.6 Å². The molecule has 1 aliphatic rings. The van der Waals surface area contributed by atoms with Gasteiger partial charge in [0.1, 0.15) is 6.54 Å². The van der Waals surface area contributed by atoms with E-state index in [2.05, 4.69) is 5.32 Å². The van der Waals surface area contributed by atoms with Crippen molar-refractivity contribution in [2.45, 2.75) is 6.92 Å². The molecule has 1 heterocycles. The van der Waals surface area contributed by atoms with Gasteiger partial charge in [-0.25, -0.2) is 0 Å². The maximum atomic E-state index is 11.8. The van der Waals surface area contributed by atoms with Crippen LogP contribution >= 0.6 is 23.4 Å². The first-order valence-corrected chi connectivity index (χ1v) is 7.12. The Kier molecular flexibility index (Phi) is 4.50. The van der Waals surface area contributed by atoms with Gasteiger partial charge < -0.3 is 10.2 Å². The molecule has 1 aromatic carbocycles. The van der Waals surface area contributed by atoms with Crippen LogP contribution in [0.4, 0.5) is 5.69 Å². The second-order valence-corrected chi connectivity index (χ2v) is 5.43. The predicted octanol–water partition coefficient (Wildman–Crippen LogP) is 2.63. The summed E-state index contributed by atoms with van der Waals surface area (Å²) in [6.45, 7) is 1.91. The summed E-state index contributed by atoms with van der Waals surface area (Å²) in [7, 11) is 0. The molecule has 4 nitrogen and oxygen atoms in total.